The Labute approximate surface area is 107 Å². The van der Waals surface area contributed by atoms with Crippen LogP contribution in [0.25, 0.3) is 10.6 Å². The van der Waals surface area contributed by atoms with Gasteiger partial charge in [-0.2, -0.15) is 18.3 Å². The topological polar surface area (TPSA) is 17.8 Å². The van der Waals surface area contributed by atoms with Crippen LogP contribution >= 0.6 is 11.3 Å². The molecule has 2 aromatic heterocycles. The van der Waals surface area contributed by atoms with Gasteiger partial charge in [0, 0.05) is 0 Å². The van der Waals surface area contributed by atoms with Gasteiger partial charge in [-0.1, -0.05) is 6.07 Å². The minimum atomic E-state index is -4.39. The SMILES string of the molecule is CC(C)(C)n1nc(-c2cccs2)cc1C(F)(F)F. The normalized spacial score (nSPS) is 13.0. The molecule has 2 nitrogen and oxygen atoms in total. The van der Waals surface area contributed by atoms with E-state index in [4.69, 9.17) is 0 Å². The molecule has 0 unspecified atom stereocenters. The monoisotopic (exact) mass is 274 g/mol. The molecular weight excluding hydrogens is 261 g/mol. The van der Waals surface area contributed by atoms with E-state index in [1.165, 1.54) is 11.3 Å². The first-order chi connectivity index (χ1) is 8.19. The number of aromatic nitrogens is 2. The molecule has 0 atom stereocenters. The maximum Gasteiger partial charge on any atom is 0.433 e. The molecule has 98 valence electrons. The second-order valence-corrected chi connectivity index (χ2v) is 5.92. The Kier molecular flexibility index (Phi) is 3.01. The van der Waals surface area contributed by atoms with Gasteiger partial charge in [0.15, 0.2) is 0 Å². The first-order valence-corrected chi connectivity index (χ1v) is 6.29. The quantitative estimate of drug-likeness (QED) is 0.754. The summed E-state index contributed by atoms with van der Waals surface area (Å²) < 4.78 is 40.0. The Bertz CT molecular complexity index is 501. The molecule has 2 heterocycles. The fourth-order valence-corrected chi connectivity index (χ4v) is 2.32. The van der Waals surface area contributed by atoms with Crippen LogP contribution in [0.1, 0.15) is 26.5 Å². The zero-order valence-electron chi connectivity index (χ0n) is 10.2. The van der Waals surface area contributed by atoms with Crippen LogP contribution in [0, 0.1) is 0 Å². The number of hydrogen-bond acceptors (Lipinski definition) is 2. The Morgan fingerprint density at radius 2 is 1.89 bits per heavy atom. The summed E-state index contributed by atoms with van der Waals surface area (Å²) in [7, 11) is 0. The molecule has 0 aromatic carbocycles. The third-order valence-corrected chi connectivity index (χ3v) is 3.30. The summed E-state index contributed by atoms with van der Waals surface area (Å²) in [6.45, 7) is 5.11. The molecule has 2 aromatic rings. The largest absolute Gasteiger partial charge is 0.433 e. The van der Waals surface area contributed by atoms with Gasteiger partial charge in [0.2, 0.25) is 0 Å². The van der Waals surface area contributed by atoms with Crippen molar-refractivity contribution in [1.82, 2.24) is 9.78 Å². The van der Waals surface area contributed by atoms with E-state index in [-0.39, 0.29) is 0 Å². The van der Waals surface area contributed by atoms with Crippen molar-refractivity contribution in [2.24, 2.45) is 0 Å². The number of hydrogen-bond donors (Lipinski definition) is 0. The summed E-state index contributed by atoms with van der Waals surface area (Å²) >= 11 is 1.38. The van der Waals surface area contributed by atoms with Crippen LogP contribution in [0.3, 0.4) is 0 Å². The van der Waals surface area contributed by atoms with E-state index in [2.05, 4.69) is 5.10 Å². The van der Waals surface area contributed by atoms with Crippen molar-refractivity contribution in [2.45, 2.75) is 32.5 Å². The highest BCUT2D eigenvalue weighted by Gasteiger charge is 2.38. The zero-order valence-corrected chi connectivity index (χ0v) is 11.1. The molecule has 0 saturated carbocycles. The molecule has 0 spiro atoms. The molecule has 2 rings (SSSR count). The molecular formula is C12H13F3N2S. The third kappa shape index (κ3) is 2.43. The standard InChI is InChI=1S/C12H13F3N2S/c1-11(2,3)17-10(12(13,14)15)7-8(16-17)9-5-4-6-18-9/h4-7H,1-3H3. The third-order valence-electron chi connectivity index (χ3n) is 2.41. The van der Waals surface area contributed by atoms with Gasteiger partial charge in [-0.3, -0.25) is 4.68 Å². The summed E-state index contributed by atoms with van der Waals surface area (Å²) in [4.78, 5) is 0.739. The van der Waals surface area contributed by atoms with Crippen molar-refractivity contribution in [3.05, 3.63) is 29.3 Å². The zero-order chi connectivity index (χ0) is 13.6. The first kappa shape index (κ1) is 13.1. The molecule has 0 fully saturated rings. The molecule has 0 bridgehead atoms. The van der Waals surface area contributed by atoms with E-state index in [1.807, 2.05) is 5.38 Å². The van der Waals surface area contributed by atoms with Gasteiger partial charge in [-0.25, -0.2) is 0 Å². The number of rotatable bonds is 1. The summed E-state index contributed by atoms with van der Waals surface area (Å²) in [6, 6.07) is 4.67. The van der Waals surface area contributed by atoms with E-state index in [0.29, 0.717) is 5.69 Å². The number of nitrogens with zero attached hydrogens (tertiary/aromatic N) is 2. The molecule has 0 aliphatic carbocycles. The fourth-order valence-electron chi connectivity index (χ4n) is 1.64. The summed E-state index contributed by atoms with van der Waals surface area (Å²) in [5, 5.41) is 5.92. The minimum Gasteiger partial charge on any atom is -0.255 e. The Hall–Kier alpha value is -1.30. The predicted octanol–water partition coefficient (Wildman–Crippen LogP) is 4.39. The molecule has 0 saturated heterocycles. The van der Waals surface area contributed by atoms with Crippen LogP contribution in [-0.4, -0.2) is 9.78 Å². The van der Waals surface area contributed by atoms with Crippen molar-refractivity contribution in [3.8, 4) is 10.6 Å². The van der Waals surface area contributed by atoms with E-state index in [0.717, 1.165) is 15.6 Å². The molecule has 0 aliphatic heterocycles. The highest BCUT2D eigenvalue weighted by atomic mass is 32.1. The van der Waals surface area contributed by atoms with E-state index in [1.54, 1.807) is 32.9 Å². The highest BCUT2D eigenvalue weighted by molar-refractivity contribution is 7.13. The van der Waals surface area contributed by atoms with Crippen molar-refractivity contribution >= 4 is 11.3 Å². The lowest BCUT2D eigenvalue weighted by molar-refractivity contribution is -0.146. The lowest BCUT2D eigenvalue weighted by Gasteiger charge is -2.23. The van der Waals surface area contributed by atoms with Crippen LogP contribution in [0.4, 0.5) is 13.2 Å². The number of halogens is 3. The average molecular weight is 274 g/mol. The minimum absolute atomic E-state index is 0.368. The van der Waals surface area contributed by atoms with Gasteiger partial charge in [0.05, 0.1) is 10.4 Å². The van der Waals surface area contributed by atoms with Crippen LogP contribution in [0.5, 0.6) is 0 Å². The van der Waals surface area contributed by atoms with E-state index < -0.39 is 17.4 Å². The molecule has 6 heteroatoms. The summed E-state index contributed by atoms with van der Waals surface area (Å²) in [5.74, 6) is 0. The van der Waals surface area contributed by atoms with Gasteiger partial charge in [0.25, 0.3) is 0 Å². The van der Waals surface area contributed by atoms with Crippen LogP contribution in [0.2, 0.25) is 0 Å². The number of alkyl halides is 3. The molecule has 0 N–H and O–H groups in total. The Morgan fingerprint density at radius 3 is 2.28 bits per heavy atom. The highest BCUT2D eigenvalue weighted by Crippen LogP contribution is 2.36. The van der Waals surface area contributed by atoms with Crippen molar-refractivity contribution in [3.63, 3.8) is 0 Å². The van der Waals surface area contributed by atoms with Crippen LogP contribution in [-0.2, 0) is 11.7 Å². The molecule has 0 aliphatic rings. The summed E-state index contributed by atoms with van der Waals surface area (Å²) in [6.07, 6.45) is -4.39. The summed E-state index contributed by atoms with van der Waals surface area (Å²) in [5.41, 5.74) is -1.05. The van der Waals surface area contributed by atoms with Crippen molar-refractivity contribution in [1.29, 1.82) is 0 Å². The van der Waals surface area contributed by atoms with Gasteiger partial charge in [-0.05, 0) is 38.3 Å². The van der Waals surface area contributed by atoms with E-state index in [9.17, 15) is 13.2 Å². The second-order valence-electron chi connectivity index (χ2n) is 4.97. The second kappa shape index (κ2) is 4.12. The maximum atomic E-state index is 13.0. The van der Waals surface area contributed by atoms with Crippen molar-refractivity contribution < 1.29 is 13.2 Å². The number of thiophene rings is 1. The van der Waals surface area contributed by atoms with Crippen molar-refractivity contribution in [2.75, 3.05) is 0 Å². The van der Waals surface area contributed by atoms with Gasteiger partial charge < -0.3 is 0 Å². The van der Waals surface area contributed by atoms with E-state index >= 15 is 0 Å². The first-order valence-electron chi connectivity index (χ1n) is 5.41. The molecule has 0 amide bonds. The van der Waals surface area contributed by atoms with Gasteiger partial charge >= 0.3 is 6.18 Å². The fraction of sp³-hybridized carbons (Fsp3) is 0.417. The van der Waals surface area contributed by atoms with Gasteiger partial charge in [-0.15, -0.1) is 11.3 Å². The average Bonchev–Trinajstić information content (AvgIpc) is 2.84. The van der Waals surface area contributed by atoms with Gasteiger partial charge in [0.1, 0.15) is 11.4 Å². The lowest BCUT2D eigenvalue weighted by atomic mass is 10.1. The molecule has 0 radical (unpaired) electrons. The molecule has 18 heavy (non-hydrogen) atoms. The Morgan fingerprint density at radius 1 is 1.22 bits per heavy atom. The lowest BCUT2D eigenvalue weighted by Crippen LogP contribution is -2.28. The smallest absolute Gasteiger partial charge is 0.255 e. The van der Waals surface area contributed by atoms with Crippen LogP contribution in [0.15, 0.2) is 23.6 Å². The Balaban J connectivity index is 2.59. The maximum absolute atomic E-state index is 13.0. The predicted molar refractivity (Wildman–Crippen MR) is 65.5 cm³/mol. The van der Waals surface area contributed by atoms with Crippen LogP contribution < -0.4 is 0 Å².